The number of phenolic OH excluding ortho intramolecular Hbond substituents is 1. The molecule has 0 aliphatic rings. The zero-order valence-corrected chi connectivity index (χ0v) is 12.1. The van der Waals surface area contributed by atoms with Gasteiger partial charge in [-0.15, -0.1) is 0 Å². The van der Waals surface area contributed by atoms with Gasteiger partial charge in [-0.3, -0.25) is 4.79 Å². The molecule has 2 aromatic rings. The molecule has 0 spiro atoms. The van der Waals surface area contributed by atoms with Gasteiger partial charge in [0.05, 0.1) is 0 Å². The molecule has 0 fully saturated rings. The highest BCUT2D eigenvalue weighted by Crippen LogP contribution is 2.19. The number of hydrogen-bond donors (Lipinski definition) is 1. The standard InChI is InChI=1S/C15H14BrNO2/c1-17(13-6-8-14(18)9-7-13)15(19)12-4-2-11(10-16)3-5-12/h2-9,18H,10H2,1H3. The molecular formula is C15H14BrNO2. The molecule has 0 aliphatic heterocycles. The second-order valence-electron chi connectivity index (χ2n) is 4.21. The van der Waals surface area contributed by atoms with E-state index in [9.17, 15) is 9.90 Å². The molecule has 0 heterocycles. The van der Waals surface area contributed by atoms with Gasteiger partial charge in [0, 0.05) is 23.6 Å². The molecule has 3 nitrogen and oxygen atoms in total. The maximum atomic E-state index is 12.3. The normalized spacial score (nSPS) is 10.2. The van der Waals surface area contributed by atoms with Crippen LogP contribution in [-0.4, -0.2) is 18.1 Å². The second kappa shape index (κ2) is 5.89. The Hall–Kier alpha value is -1.81. The fourth-order valence-corrected chi connectivity index (χ4v) is 2.10. The highest BCUT2D eigenvalue weighted by atomic mass is 79.9. The summed E-state index contributed by atoms with van der Waals surface area (Å²) in [5.74, 6) is 0.109. The van der Waals surface area contributed by atoms with E-state index >= 15 is 0 Å². The van der Waals surface area contributed by atoms with Crippen LogP contribution in [0.25, 0.3) is 0 Å². The van der Waals surface area contributed by atoms with Crippen LogP contribution in [0.4, 0.5) is 5.69 Å². The molecule has 1 N–H and O–H groups in total. The van der Waals surface area contributed by atoms with Gasteiger partial charge in [0.1, 0.15) is 5.75 Å². The first-order chi connectivity index (χ1) is 9.11. The lowest BCUT2D eigenvalue weighted by Gasteiger charge is -2.17. The predicted molar refractivity (Wildman–Crippen MR) is 79.9 cm³/mol. The third-order valence-electron chi connectivity index (χ3n) is 2.90. The second-order valence-corrected chi connectivity index (χ2v) is 4.77. The SMILES string of the molecule is CN(C(=O)c1ccc(CBr)cc1)c1ccc(O)cc1. The number of anilines is 1. The van der Waals surface area contributed by atoms with Crippen LogP contribution in [0.5, 0.6) is 5.75 Å². The van der Waals surface area contributed by atoms with Gasteiger partial charge in [0.25, 0.3) is 5.91 Å². The van der Waals surface area contributed by atoms with Gasteiger partial charge in [-0.2, -0.15) is 0 Å². The molecule has 0 aliphatic carbocycles. The van der Waals surface area contributed by atoms with E-state index in [4.69, 9.17) is 0 Å². The van der Waals surface area contributed by atoms with Gasteiger partial charge in [0.2, 0.25) is 0 Å². The number of phenols is 1. The first-order valence-corrected chi connectivity index (χ1v) is 6.96. The minimum atomic E-state index is -0.0770. The minimum absolute atomic E-state index is 0.0770. The summed E-state index contributed by atoms with van der Waals surface area (Å²) in [5, 5.41) is 10.0. The average Bonchev–Trinajstić information content (AvgIpc) is 2.46. The summed E-state index contributed by atoms with van der Waals surface area (Å²) in [7, 11) is 1.72. The average molecular weight is 320 g/mol. The Labute approximate surface area is 120 Å². The predicted octanol–water partition coefficient (Wildman–Crippen LogP) is 3.56. The third-order valence-corrected chi connectivity index (χ3v) is 3.54. The molecule has 0 radical (unpaired) electrons. The van der Waals surface area contributed by atoms with Crippen molar-refractivity contribution in [3.63, 3.8) is 0 Å². The highest BCUT2D eigenvalue weighted by Gasteiger charge is 2.13. The number of benzene rings is 2. The maximum absolute atomic E-state index is 12.3. The molecule has 2 aromatic carbocycles. The van der Waals surface area contributed by atoms with E-state index in [2.05, 4.69) is 15.9 Å². The Morgan fingerprint density at radius 1 is 1.11 bits per heavy atom. The number of rotatable bonds is 3. The van der Waals surface area contributed by atoms with Crippen molar-refractivity contribution in [3.05, 3.63) is 59.7 Å². The fourth-order valence-electron chi connectivity index (χ4n) is 1.72. The van der Waals surface area contributed by atoms with Crippen LogP contribution in [0.2, 0.25) is 0 Å². The van der Waals surface area contributed by atoms with Crippen LogP contribution in [0.3, 0.4) is 0 Å². The fraction of sp³-hybridized carbons (Fsp3) is 0.133. The molecule has 0 saturated carbocycles. The van der Waals surface area contributed by atoms with Crippen molar-refractivity contribution in [1.29, 1.82) is 0 Å². The molecule has 4 heteroatoms. The topological polar surface area (TPSA) is 40.5 Å². The van der Waals surface area contributed by atoms with Crippen LogP contribution in [0.1, 0.15) is 15.9 Å². The summed E-state index contributed by atoms with van der Waals surface area (Å²) >= 11 is 3.37. The van der Waals surface area contributed by atoms with Gasteiger partial charge in [0.15, 0.2) is 0 Å². The molecule has 98 valence electrons. The zero-order valence-electron chi connectivity index (χ0n) is 10.5. The Kier molecular flexibility index (Phi) is 4.22. The molecule has 19 heavy (non-hydrogen) atoms. The lowest BCUT2D eigenvalue weighted by molar-refractivity contribution is 0.0993. The van der Waals surface area contributed by atoms with Crippen molar-refractivity contribution >= 4 is 27.5 Å². The van der Waals surface area contributed by atoms with Gasteiger partial charge in [-0.25, -0.2) is 0 Å². The first kappa shape index (κ1) is 13.6. The molecule has 0 unspecified atom stereocenters. The molecule has 0 aromatic heterocycles. The summed E-state index contributed by atoms with van der Waals surface area (Å²) in [5.41, 5.74) is 2.51. The van der Waals surface area contributed by atoms with Crippen molar-refractivity contribution in [1.82, 2.24) is 0 Å². The van der Waals surface area contributed by atoms with Crippen molar-refractivity contribution in [2.45, 2.75) is 5.33 Å². The van der Waals surface area contributed by atoms with E-state index in [1.807, 2.05) is 24.3 Å². The van der Waals surface area contributed by atoms with E-state index in [1.165, 1.54) is 0 Å². The summed E-state index contributed by atoms with van der Waals surface area (Å²) in [6.07, 6.45) is 0. The zero-order chi connectivity index (χ0) is 13.8. The molecule has 0 atom stereocenters. The van der Waals surface area contributed by atoms with Crippen LogP contribution < -0.4 is 4.90 Å². The van der Waals surface area contributed by atoms with Crippen molar-refractivity contribution in [2.24, 2.45) is 0 Å². The van der Waals surface area contributed by atoms with E-state index in [0.29, 0.717) is 5.56 Å². The molecule has 0 saturated heterocycles. The number of halogens is 1. The highest BCUT2D eigenvalue weighted by molar-refractivity contribution is 9.08. The van der Waals surface area contributed by atoms with Crippen molar-refractivity contribution < 1.29 is 9.90 Å². The van der Waals surface area contributed by atoms with E-state index in [-0.39, 0.29) is 11.7 Å². The number of aromatic hydroxyl groups is 1. The number of carbonyl (C=O) groups is 1. The van der Waals surface area contributed by atoms with Gasteiger partial charge in [-0.1, -0.05) is 28.1 Å². The summed E-state index contributed by atoms with van der Waals surface area (Å²) in [6, 6.07) is 14.0. The number of amides is 1. The van der Waals surface area contributed by atoms with Crippen LogP contribution >= 0.6 is 15.9 Å². The van der Waals surface area contributed by atoms with E-state index in [0.717, 1.165) is 16.6 Å². The van der Waals surface area contributed by atoms with Crippen LogP contribution in [-0.2, 0) is 5.33 Å². The van der Waals surface area contributed by atoms with Crippen LogP contribution in [0.15, 0.2) is 48.5 Å². The van der Waals surface area contributed by atoms with Crippen molar-refractivity contribution in [3.8, 4) is 5.75 Å². The lowest BCUT2D eigenvalue weighted by Crippen LogP contribution is -2.26. The molecule has 0 bridgehead atoms. The van der Waals surface area contributed by atoms with Crippen molar-refractivity contribution in [2.75, 3.05) is 11.9 Å². The Morgan fingerprint density at radius 3 is 2.21 bits per heavy atom. The maximum Gasteiger partial charge on any atom is 0.258 e. The molecule has 2 rings (SSSR count). The van der Waals surface area contributed by atoms with Gasteiger partial charge in [-0.05, 0) is 42.0 Å². The first-order valence-electron chi connectivity index (χ1n) is 5.84. The Bertz CT molecular complexity index is 564. The smallest absolute Gasteiger partial charge is 0.258 e. The lowest BCUT2D eigenvalue weighted by atomic mass is 10.1. The minimum Gasteiger partial charge on any atom is -0.508 e. The number of nitrogens with zero attached hydrogens (tertiary/aromatic N) is 1. The van der Waals surface area contributed by atoms with Gasteiger partial charge >= 0.3 is 0 Å². The Morgan fingerprint density at radius 2 is 1.68 bits per heavy atom. The molecule has 1 amide bonds. The molecular weight excluding hydrogens is 306 g/mol. The number of alkyl halides is 1. The van der Waals surface area contributed by atoms with E-state index < -0.39 is 0 Å². The van der Waals surface area contributed by atoms with E-state index in [1.54, 1.807) is 36.2 Å². The number of hydrogen-bond acceptors (Lipinski definition) is 2. The summed E-state index contributed by atoms with van der Waals surface area (Å²) < 4.78 is 0. The Balaban J connectivity index is 2.20. The summed E-state index contributed by atoms with van der Waals surface area (Å²) in [4.78, 5) is 13.8. The quantitative estimate of drug-likeness (QED) is 0.879. The largest absolute Gasteiger partial charge is 0.508 e. The van der Waals surface area contributed by atoms with Crippen LogP contribution in [0, 0.1) is 0 Å². The summed E-state index contributed by atoms with van der Waals surface area (Å²) in [6.45, 7) is 0. The monoisotopic (exact) mass is 319 g/mol. The van der Waals surface area contributed by atoms with Gasteiger partial charge < -0.3 is 10.0 Å². The number of carbonyl (C=O) groups excluding carboxylic acids is 1. The third kappa shape index (κ3) is 3.15.